The minimum atomic E-state index is -0.210. The molecular formula is C12H17BrO2. The fourth-order valence-corrected chi connectivity index (χ4v) is 2.02. The summed E-state index contributed by atoms with van der Waals surface area (Å²) < 4.78 is 5.21. The van der Waals surface area contributed by atoms with E-state index in [4.69, 9.17) is 4.74 Å². The zero-order valence-electron chi connectivity index (χ0n) is 9.04. The summed E-state index contributed by atoms with van der Waals surface area (Å²) in [6.45, 7) is 6.12. The summed E-state index contributed by atoms with van der Waals surface area (Å²) in [4.78, 5) is 11.0. The average molecular weight is 273 g/mol. The SMILES string of the molecule is C=C(CBr)C[C@H](C)C[C@@H]1CC=CC(=O)O1. The van der Waals surface area contributed by atoms with Gasteiger partial charge in [0.15, 0.2) is 0 Å². The number of cyclic esters (lactones) is 1. The molecule has 0 radical (unpaired) electrons. The Hall–Kier alpha value is -0.570. The van der Waals surface area contributed by atoms with E-state index in [2.05, 4.69) is 29.4 Å². The van der Waals surface area contributed by atoms with Crippen LogP contribution in [0.15, 0.2) is 24.3 Å². The maximum atomic E-state index is 11.0. The lowest BCUT2D eigenvalue weighted by atomic mass is 9.95. The number of halogens is 1. The Labute approximate surface area is 99.5 Å². The van der Waals surface area contributed by atoms with Gasteiger partial charge in [0.05, 0.1) is 0 Å². The monoisotopic (exact) mass is 272 g/mol. The standard InChI is InChI=1S/C12H17BrO2/c1-9(6-10(2)8-13)7-11-4-3-5-12(14)15-11/h3,5,9,11H,2,4,6-8H2,1H3/t9-,11-/m0/s1. The molecule has 2 nitrogen and oxygen atoms in total. The van der Waals surface area contributed by atoms with Crippen molar-refractivity contribution in [1.29, 1.82) is 0 Å². The fraction of sp³-hybridized carbons (Fsp3) is 0.583. The lowest BCUT2D eigenvalue weighted by Crippen LogP contribution is -2.22. The molecule has 84 valence electrons. The number of allylic oxidation sites excluding steroid dienone is 1. The molecule has 1 heterocycles. The molecule has 0 saturated heterocycles. The van der Waals surface area contributed by atoms with E-state index in [1.165, 1.54) is 11.6 Å². The summed E-state index contributed by atoms with van der Waals surface area (Å²) in [5, 5.41) is 0.849. The minimum Gasteiger partial charge on any atom is -0.459 e. The van der Waals surface area contributed by atoms with Crippen molar-refractivity contribution in [2.24, 2.45) is 5.92 Å². The van der Waals surface area contributed by atoms with Gasteiger partial charge < -0.3 is 4.74 Å². The third-order valence-electron chi connectivity index (χ3n) is 2.43. The lowest BCUT2D eigenvalue weighted by molar-refractivity contribution is -0.144. The second-order valence-corrected chi connectivity index (χ2v) is 4.69. The first-order chi connectivity index (χ1) is 7.11. The van der Waals surface area contributed by atoms with Crippen LogP contribution >= 0.6 is 15.9 Å². The van der Waals surface area contributed by atoms with Gasteiger partial charge in [-0.15, -0.1) is 0 Å². The van der Waals surface area contributed by atoms with Gasteiger partial charge >= 0.3 is 5.97 Å². The summed E-state index contributed by atoms with van der Waals surface area (Å²) in [7, 11) is 0. The molecule has 0 spiro atoms. The minimum absolute atomic E-state index is 0.0561. The van der Waals surface area contributed by atoms with Crippen LogP contribution in [0.1, 0.15) is 26.2 Å². The summed E-state index contributed by atoms with van der Waals surface area (Å²) in [6.07, 6.45) is 6.20. The molecule has 0 aromatic rings. The molecule has 1 aliphatic heterocycles. The van der Waals surface area contributed by atoms with E-state index < -0.39 is 0 Å². The molecule has 15 heavy (non-hydrogen) atoms. The molecule has 0 aromatic heterocycles. The number of esters is 1. The Bertz CT molecular complexity index is 271. The highest BCUT2D eigenvalue weighted by molar-refractivity contribution is 9.09. The van der Waals surface area contributed by atoms with Crippen molar-refractivity contribution in [2.75, 3.05) is 5.33 Å². The third kappa shape index (κ3) is 4.65. The number of carbonyl (C=O) groups is 1. The van der Waals surface area contributed by atoms with E-state index in [1.54, 1.807) is 0 Å². The lowest BCUT2D eigenvalue weighted by Gasteiger charge is -2.22. The topological polar surface area (TPSA) is 26.3 Å². The molecule has 1 rings (SSSR count). The van der Waals surface area contributed by atoms with Crippen LogP contribution in [-0.2, 0) is 9.53 Å². The van der Waals surface area contributed by atoms with Gasteiger partial charge in [-0.1, -0.05) is 41.1 Å². The van der Waals surface area contributed by atoms with Gasteiger partial charge in [0.1, 0.15) is 6.10 Å². The van der Waals surface area contributed by atoms with Gasteiger partial charge in [0.2, 0.25) is 0 Å². The predicted molar refractivity (Wildman–Crippen MR) is 65.0 cm³/mol. The molecule has 0 aliphatic carbocycles. The molecule has 3 heteroatoms. The second-order valence-electron chi connectivity index (χ2n) is 4.13. The van der Waals surface area contributed by atoms with E-state index in [0.717, 1.165) is 24.6 Å². The number of carbonyl (C=O) groups excluding carboxylic acids is 1. The Kier molecular flexibility index (Phi) is 5.09. The van der Waals surface area contributed by atoms with Crippen LogP contribution in [0.3, 0.4) is 0 Å². The van der Waals surface area contributed by atoms with E-state index in [-0.39, 0.29) is 12.1 Å². The number of rotatable bonds is 5. The summed E-state index contributed by atoms with van der Waals surface area (Å²) in [5.41, 5.74) is 1.19. The molecule has 0 aromatic carbocycles. The van der Waals surface area contributed by atoms with E-state index in [9.17, 15) is 4.79 Å². The van der Waals surface area contributed by atoms with Crippen molar-refractivity contribution in [3.05, 3.63) is 24.3 Å². The highest BCUT2D eigenvalue weighted by Crippen LogP contribution is 2.21. The number of ether oxygens (including phenoxy) is 1. The van der Waals surface area contributed by atoms with Gasteiger partial charge in [0.25, 0.3) is 0 Å². The summed E-state index contributed by atoms with van der Waals surface area (Å²) in [5.74, 6) is 0.303. The molecule has 1 aliphatic rings. The first-order valence-corrected chi connectivity index (χ1v) is 6.33. The maximum Gasteiger partial charge on any atom is 0.330 e. The van der Waals surface area contributed by atoms with Crippen LogP contribution in [0, 0.1) is 5.92 Å². The normalized spacial score (nSPS) is 22.3. The predicted octanol–water partition coefficient (Wildman–Crippen LogP) is 3.23. The molecule has 0 bridgehead atoms. The van der Waals surface area contributed by atoms with Crippen molar-refractivity contribution in [3.8, 4) is 0 Å². The highest BCUT2D eigenvalue weighted by atomic mass is 79.9. The third-order valence-corrected chi connectivity index (χ3v) is 3.22. The second kappa shape index (κ2) is 6.11. The van der Waals surface area contributed by atoms with Crippen LogP contribution in [0.25, 0.3) is 0 Å². The molecule has 0 unspecified atom stereocenters. The van der Waals surface area contributed by atoms with Crippen LogP contribution in [-0.4, -0.2) is 17.4 Å². The summed E-state index contributed by atoms with van der Waals surface area (Å²) in [6, 6.07) is 0. The number of hydrogen-bond donors (Lipinski definition) is 0. The van der Waals surface area contributed by atoms with Gasteiger partial charge in [-0.2, -0.15) is 0 Å². The Balaban J connectivity index is 2.31. The van der Waals surface area contributed by atoms with E-state index in [0.29, 0.717) is 5.92 Å². The highest BCUT2D eigenvalue weighted by Gasteiger charge is 2.18. The largest absolute Gasteiger partial charge is 0.459 e. The van der Waals surface area contributed by atoms with Crippen LogP contribution in [0.4, 0.5) is 0 Å². The Morgan fingerprint density at radius 3 is 3.13 bits per heavy atom. The molecule has 0 fully saturated rings. The van der Waals surface area contributed by atoms with Crippen molar-refractivity contribution < 1.29 is 9.53 Å². The zero-order chi connectivity index (χ0) is 11.3. The average Bonchev–Trinajstić information content (AvgIpc) is 2.17. The van der Waals surface area contributed by atoms with E-state index in [1.807, 2.05) is 6.08 Å². The van der Waals surface area contributed by atoms with Crippen LogP contribution in [0.2, 0.25) is 0 Å². The van der Waals surface area contributed by atoms with Crippen molar-refractivity contribution in [1.82, 2.24) is 0 Å². The Morgan fingerprint density at radius 2 is 2.53 bits per heavy atom. The zero-order valence-corrected chi connectivity index (χ0v) is 10.6. The van der Waals surface area contributed by atoms with E-state index >= 15 is 0 Å². The number of hydrogen-bond acceptors (Lipinski definition) is 2. The van der Waals surface area contributed by atoms with Crippen molar-refractivity contribution in [2.45, 2.75) is 32.3 Å². The molecule has 0 saturated carbocycles. The quantitative estimate of drug-likeness (QED) is 0.436. The smallest absolute Gasteiger partial charge is 0.330 e. The fourth-order valence-electron chi connectivity index (χ4n) is 1.79. The summed E-state index contributed by atoms with van der Waals surface area (Å²) >= 11 is 3.38. The maximum absolute atomic E-state index is 11.0. The van der Waals surface area contributed by atoms with Gasteiger partial charge in [-0.25, -0.2) is 4.79 Å². The first-order valence-electron chi connectivity index (χ1n) is 5.21. The Morgan fingerprint density at radius 1 is 1.80 bits per heavy atom. The van der Waals surface area contributed by atoms with Gasteiger partial charge in [-0.3, -0.25) is 0 Å². The van der Waals surface area contributed by atoms with Crippen LogP contribution in [0.5, 0.6) is 0 Å². The molecular weight excluding hydrogens is 256 g/mol. The van der Waals surface area contributed by atoms with Gasteiger partial charge in [0, 0.05) is 17.8 Å². The molecule has 0 amide bonds. The van der Waals surface area contributed by atoms with Crippen molar-refractivity contribution in [3.63, 3.8) is 0 Å². The molecule has 2 atom stereocenters. The van der Waals surface area contributed by atoms with Gasteiger partial charge in [-0.05, 0) is 18.8 Å². The first kappa shape index (κ1) is 12.5. The van der Waals surface area contributed by atoms with Crippen molar-refractivity contribution >= 4 is 21.9 Å². The number of alkyl halides is 1. The van der Waals surface area contributed by atoms with Crippen LogP contribution < -0.4 is 0 Å². The molecule has 0 N–H and O–H groups in total.